The molecule has 0 aromatic heterocycles. The molecular formula is C11H13F2NO. The first-order chi connectivity index (χ1) is 7.22. The fourth-order valence-electron chi connectivity index (χ4n) is 2.13. The molecule has 1 heterocycles. The van der Waals surface area contributed by atoms with E-state index < -0.39 is 11.6 Å². The molecule has 82 valence electrons. The highest BCUT2D eigenvalue weighted by Crippen LogP contribution is 2.29. The molecule has 2 nitrogen and oxygen atoms in total. The van der Waals surface area contributed by atoms with Crippen molar-refractivity contribution in [2.75, 3.05) is 13.2 Å². The molecule has 2 unspecified atom stereocenters. The van der Waals surface area contributed by atoms with Gasteiger partial charge in [-0.25, -0.2) is 8.78 Å². The van der Waals surface area contributed by atoms with Crippen LogP contribution in [0.3, 0.4) is 0 Å². The first-order valence-electron chi connectivity index (χ1n) is 5.01. The van der Waals surface area contributed by atoms with Crippen molar-refractivity contribution in [2.45, 2.75) is 18.4 Å². The second kappa shape index (κ2) is 4.24. The third kappa shape index (κ3) is 2.01. The molecule has 0 spiro atoms. The summed E-state index contributed by atoms with van der Waals surface area (Å²) in [5.74, 6) is -1.15. The van der Waals surface area contributed by atoms with Gasteiger partial charge in [0, 0.05) is 18.0 Å². The smallest absolute Gasteiger partial charge is 0.129 e. The highest BCUT2D eigenvalue weighted by Gasteiger charge is 2.29. The minimum Gasteiger partial charge on any atom is -0.395 e. The molecule has 0 radical (unpaired) electrons. The van der Waals surface area contributed by atoms with Gasteiger partial charge in [-0.1, -0.05) is 6.07 Å². The summed E-state index contributed by atoms with van der Waals surface area (Å²) in [7, 11) is 0. The minimum atomic E-state index is -0.567. The molecule has 2 atom stereocenters. The maximum absolute atomic E-state index is 13.5. The molecule has 2 rings (SSSR count). The Bertz CT molecular complexity index is 356. The monoisotopic (exact) mass is 213 g/mol. The van der Waals surface area contributed by atoms with E-state index in [9.17, 15) is 8.78 Å². The van der Waals surface area contributed by atoms with E-state index in [1.54, 1.807) is 0 Å². The van der Waals surface area contributed by atoms with E-state index in [1.165, 1.54) is 12.1 Å². The van der Waals surface area contributed by atoms with Gasteiger partial charge in [-0.15, -0.1) is 0 Å². The van der Waals surface area contributed by atoms with Gasteiger partial charge in [0.2, 0.25) is 0 Å². The van der Waals surface area contributed by atoms with E-state index in [0.29, 0.717) is 5.56 Å². The molecule has 1 aromatic rings. The van der Waals surface area contributed by atoms with Crippen molar-refractivity contribution < 1.29 is 13.9 Å². The van der Waals surface area contributed by atoms with Crippen molar-refractivity contribution in [3.8, 4) is 0 Å². The Hall–Kier alpha value is -1.00. The molecule has 4 heteroatoms. The normalized spacial score (nSPS) is 25.8. The largest absolute Gasteiger partial charge is 0.395 e. The van der Waals surface area contributed by atoms with Gasteiger partial charge in [-0.05, 0) is 24.6 Å². The van der Waals surface area contributed by atoms with Crippen LogP contribution in [0.4, 0.5) is 8.78 Å². The van der Waals surface area contributed by atoms with Crippen LogP contribution in [-0.4, -0.2) is 24.3 Å². The van der Waals surface area contributed by atoms with Crippen LogP contribution in [0.2, 0.25) is 0 Å². The Labute approximate surface area is 86.9 Å². The molecular weight excluding hydrogens is 200 g/mol. The molecule has 1 aliphatic heterocycles. The first kappa shape index (κ1) is 10.5. The van der Waals surface area contributed by atoms with E-state index in [4.69, 9.17) is 5.11 Å². The van der Waals surface area contributed by atoms with Crippen LogP contribution in [-0.2, 0) is 0 Å². The van der Waals surface area contributed by atoms with E-state index in [1.807, 2.05) is 0 Å². The summed E-state index contributed by atoms with van der Waals surface area (Å²) >= 11 is 0. The summed E-state index contributed by atoms with van der Waals surface area (Å²) in [5.41, 5.74) is 0.487. The fourth-order valence-corrected chi connectivity index (χ4v) is 2.13. The topological polar surface area (TPSA) is 32.3 Å². The molecule has 0 saturated carbocycles. The van der Waals surface area contributed by atoms with Crippen LogP contribution in [0, 0.1) is 11.6 Å². The molecule has 2 N–H and O–H groups in total. The van der Waals surface area contributed by atoms with Crippen LogP contribution >= 0.6 is 0 Å². The third-order valence-corrected chi connectivity index (χ3v) is 2.91. The van der Waals surface area contributed by atoms with Crippen LogP contribution in [0.25, 0.3) is 0 Å². The van der Waals surface area contributed by atoms with E-state index >= 15 is 0 Å². The Morgan fingerprint density at radius 2 is 2.20 bits per heavy atom. The molecule has 1 fully saturated rings. The highest BCUT2D eigenvalue weighted by molar-refractivity contribution is 5.25. The van der Waals surface area contributed by atoms with Gasteiger partial charge in [-0.3, -0.25) is 0 Å². The summed E-state index contributed by atoms with van der Waals surface area (Å²) < 4.78 is 26.2. The number of aliphatic hydroxyl groups is 1. The van der Waals surface area contributed by atoms with Gasteiger partial charge in [0.25, 0.3) is 0 Å². The van der Waals surface area contributed by atoms with E-state index in [0.717, 1.165) is 19.0 Å². The van der Waals surface area contributed by atoms with Crippen molar-refractivity contribution in [1.82, 2.24) is 5.32 Å². The van der Waals surface area contributed by atoms with Crippen LogP contribution in [0.1, 0.15) is 17.9 Å². The molecule has 0 amide bonds. The maximum atomic E-state index is 13.5. The summed E-state index contributed by atoms with van der Waals surface area (Å²) in [6.07, 6.45) is 0.772. The molecule has 1 saturated heterocycles. The van der Waals surface area contributed by atoms with Crippen LogP contribution in [0.15, 0.2) is 18.2 Å². The van der Waals surface area contributed by atoms with E-state index in [2.05, 4.69) is 5.32 Å². The summed E-state index contributed by atoms with van der Waals surface area (Å²) in [5, 5.41) is 12.2. The Kier molecular flexibility index (Phi) is 2.98. The zero-order valence-corrected chi connectivity index (χ0v) is 8.21. The van der Waals surface area contributed by atoms with Crippen molar-refractivity contribution >= 4 is 0 Å². The van der Waals surface area contributed by atoms with Crippen LogP contribution in [0.5, 0.6) is 0 Å². The lowest BCUT2D eigenvalue weighted by Crippen LogP contribution is -2.29. The molecule has 1 aliphatic rings. The number of halogens is 2. The molecule has 1 aromatic carbocycles. The molecule has 0 bridgehead atoms. The number of nitrogens with one attached hydrogen (secondary N) is 1. The maximum Gasteiger partial charge on any atom is 0.129 e. The first-order valence-corrected chi connectivity index (χ1v) is 5.01. The minimum absolute atomic E-state index is 0.0263. The predicted molar refractivity (Wildman–Crippen MR) is 52.6 cm³/mol. The third-order valence-electron chi connectivity index (χ3n) is 2.91. The summed E-state index contributed by atoms with van der Waals surface area (Å²) in [4.78, 5) is 0. The van der Waals surface area contributed by atoms with Crippen LogP contribution < -0.4 is 5.32 Å². The summed E-state index contributed by atoms with van der Waals surface area (Å²) in [6.45, 7) is 0.730. The lowest BCUT2D eigenvalue weighted by Gasteiger charge is -2.18. The summed E-state index contributed by atoms with van der Waals surface area (Å²) in [6, 6.07) is 3.49. The van der Waals surface area contributed by atoms with Gasteiger partial charge in [0.1, 0.15) is 11.6 Å². The average Bonchev–Trinajstić information content (AvgIpc) is 2.65. The van der Waals surface area contributed by atoms with Gasteiger partial charge in [0.05, 0.1) is 6.61 Å². The Morgan fingerprint density at radius 3 is 2.87 bits per heavy atom. The van der Waals surface area contributed by atoms with Gasteiger partial charge in [0.15, 0.2) is 0 Å². The van der Waals surface area contributed by atoms with Gasteiger partial charge >= 0.3 is 0 Å². The molecule has 15 heavy (non-hydrogen) atoms. The lowest BCUT2D eigenvalue weighted by atomic mass is 9.92. The Balaban J connectivity index is 2.28. The number of aliphatic hydroxyl groups excluding tert-OH is 1. The zero-order valence-electron chi connectivity index (χ0n) is 8.21. The van der Waals surface area contributed by atoms with E-state index in [-0.39, 0.29) is 18.6 Å². The van der Waals surface area contributed by atoms with Crippen molar-refractivity contribution in [3.63, 3.8) is 0 Å². The lowest BCUT2D eigenvalue weighted by molar-refractivity contribution is 0.244. The number of hydrogen-bond acceptors (Lipinski definition) is 2. The van der Waals surface area contributed by atoms with Crippen molar-refractivity contribution in [1.29, 1.82) is 0 Å². The number of hydrogen-bond donors (Lipinski definition) is 2. The van der Waals surface area contributed by atoms with Gasteiger partial charge in [-0.2, -0.15) is 0 Å². The van der Waals surface area contributed by atoms with Crippen molar-refractivity contribution in [2.24, 2.45) is 0 Å². The molecule has 0 aliphatic carbocycles. The Morgan fingerprint density at radius 1 is 1.40 bits per heavy atom. The fraction of sp³-hybridized carbons (Fsp3) is 0.455. The van der Waals surface area contributed by atoms with Gasteiger partial charge < -0.3 is 10.4 Å². The number of benzene rings is 1. The van der Waals surface area contributed by atoms with Crippen molar-refractivity contribution in [3.05, 3.63) is 35.4 Å². The zero-order chi connectivity index (χ0) is 10.8. The second-order valence-electron chi connectivity index (χ2n) is 3.80. The standard InChI is InChI=1S/C11H13F2NO/c12-7-1-2-8(10(13)5-7)9-3-4-14-11(9)6-15/h1-2,5,9,11,14-15H,3-4,6H2. The average molecular weight is 213 g/mol. The highest BCUT2D eigenvalue weighted by atomic mass is 19.1. The predicted octanol–water partition coefficient (Wildman–Crippen LogP) is 1.40. The second-order valence-corrected chi connectivity index (χ2v) is 3.80. The SMILES string of the molecule is OCC1NCCC1c1ccc(F)cc1F. The quantitative estimate of drug-likeness (QED) is 0.778. The number of rotatable bonds is 2.